The molecular formula is C15H25ClN2O. The molecule has 2 N–H and O–H groups in total. The maximum atomic E-state index is 6.22. The van der Waals surface area contributed by atoms with E-state index in [2.05, 4.69) is 25.9 Å². The first-order chi connectivity index (χ1) is 9.02. The van der Waals surface area contributed by atoms with Gasteiger partial charge in [-0.25, -0.2) is 0 Å². The molecule has 4 heteroatoms. The third kappa shape index (κ3) is 6.28. The lowest BCUT2D eigenvalue weighted by Gasteiger charge is -2.13. The van der Waals surface area contributed by atoms with E-state index < -0.39 is 0 Å². The van der Waals surface area contributed by atoms with E-state index in [0.29, 0.717) is 11.6 Å². The van der Waals surface area contributed by atoms with Crippen molar-refractivity contribution in [2.24, 2.45) is 5.73 Å². The van der Waals surface area contributed by atoms with Crippen molar-refractivity contribution in [1.82, 2.24) is 4.90 Å². The monoisotopic (exact) mass is 284 g/mol. The number of nitrogens with two attached hydrogens (primary N) is 1. The van der Waals surface area contributed by atoms with Crippen LogP contribution in [0.1, 0.15) is 25.3 Å². The molecule has 0 aromatic heterocycles. The molecule has 0 fully saturated rings. The van der Waals surface area contributed by atoms with Gasteiger partial charge in [0.05, 0.1) is 11.6 Å². The molecule has 0 saturated heterocycles. The number of nitrogens with zero attached hydrogens (tertiary/aromatic N) is 1. The van der Waals surface area contributed by atoms with Crippen LogP contribution < -0.4 is 10.5 Å². The Morgan fingerprint density at radius 3 is 2.68 bits per heavy atom. The number of hydrogen-bond donors (Lipinski definition) is 1. The van der Waals surface area contributed by atoms with Crippen LogP contribution in [0.4, 0.5) is 0 Å². The van der Waals surface area contributed by atoms with E-state index in [0.717, 1.165) is 31.6 Å². The van der Waals surface area contributed by atoms with Gasteiger partial charge in [0.2, 0.25) is 0 Å². The summed E-state index contributed by atoms with van der Waals surface area (Å²) in [7, 11) is 4.11. The van der Waals surface area contributed by atoms with Gasteiger partial charge < -0.3 is 15.4 Å². The van der Waals surface area contributed by atoms with Gasteiger partial charge in [0.15, 0.2) is 0 Å². The van der Waals surface area contributed by atoms with Gasteiger partial charge in [0.25, 0.3) is 0 Å². The minimum Gasteiger partial charge on any atom is -0.492 e. The van der Waals surface area contributed by atoms with Crippen LogP contribution in [0.3, 0.4) is 0 Å². The summed E-state index contributed by atoms with van der Waals surface area (Å²) in [5.41, 5.74) is 7.11. The van der Waals surface area contributed by atoms with E-state index in [9.17, 15) is 0 Å². The summed E-state index contributed by atoms with van der Waals surface area (Å²) in [6.45, 7) is 3.79. The van der Waals surface area contributed by atoms with Crippen LogP contribution in [0, 0.1) is 0 Å². The Labute approximate surface area is 121 Å². The smallest absolute Gasteiger partial charge is 0.137 e. The Morgan fingerprint density at radius 1 is 1.37 bits per heavy atom. The molecule has 0 saturated carbocycles. The van der Waals surface area contributed by atoms with Crippen LogP contribution in [0.25, 0.3) is 0 Å². The highest BCUT2D eigenvalue weighted by atomic mass is 35.5. The van der Waals surface area contributed by atoms with Crippen molar-refractivity contribution in [2.45, 2.75) is 32.2 Å². The van der Waals surface area contributed by atoms with E-state index in [1.807, 2.05) is 18.2 Å². The first kappa shape index (κ1) is 16.3. The molecule has 0 amide bonds. The molecule has 1 unspecified atom stereocenters. The zero-order valence-electron chi connectivity index (χ0n) is 12.2. The minimum absolute atomic E-state index is 0.197. The molecule has 0 heterocycles. The summed E-state index contributed by atoms with van der Waals surface area (Å²) in [5.74, 6) is 0.759. The molecule has 3 nitrogen and oxygen atoms in total. The molecule has 0 spiro atoms. The molecule has 19 heavy (non-hydrogen) atoms. The summed E-state index contributed by atoms with van der Waals surface area (Å²) < 4.78 is 5.68. The van der Waals surface area contributed by atoms with E-state index in [4.69, 9.17) is 22.1 Å². The van der Waals surface area contributed by atoms with Gasteiger partial charge in [-0.2, -0.15) is 0 Å². The van der Waals surface area contributed by atoms with Gasteiger partial charge in [-0.05, 0) is 51.1 Å². The second-order valence-electron chi connectivity index (χ2n) is 5.14. The normalized spacial score (nSPS) is 12.7. The summed E-state index contributed by atoms with van der Waals surface area (Å²) in [6, 6.07) is 6.14. The predicted molar refractivity (Wildman–Crippen MR) is 82.1 cm³/mol. The van der Waals surface area contributed by atoms with Crippen molar-refractivity contribution in [2.75, 3.05) is 27.2 Å². The van der Waals surface area contributed by atoms with Crippen molar-refractivity contribution in [3.05, 3.63) is 28.8 Å². The average molecular weight is 285 g/mol. The molecule has 108 valence electrons. The molecule has 0 aliphatic heterocycles. The SMILES string of the molecule is CCC(N)Cc1ccc(OCCCN(C)C)c(Cl)c1. The lowest BCUT2D eigenvalue weighted by atomic mass is 10.0. The maximum absolute atomic E-state index is 6.22. The number of ether oxygens (including phenoxy) is 1. The molecular weight excluding hydrogens is 260 g/mol. The van der Waals surface area contributed by atoms with Gasteiger partial charge in [-0.3, -0.25) is 0 Å². The highest BCUT2D eigenvalue weighted by molar-refractivity contribution is 6.32. The molecule has 0 aliphatic carbocycles. The van der Waals surface area contributed by atoms with Crippen molar-refractivity contribution < 1.29 is 4.74 Å². The predicted octanol–water partition coefficient (Wildman–Crippen LogP) is 2.95. The number of rotatable bonds is 8. The lowest BCUT2D eigenvalue weighted by molar-refractivity contribution is 0.281. The zero-order chi connectivity index (χ0) is 14.3. The van der Waals surface area contributed by atoms with E-state index in [1.54, 1.807) is 0 Å². The fraction of sp³-hybridized carbons (Fsp3) is 0.600. The Morgan fingerprint density at radius 2 is 2.11 bits per heavy atom. The van der Waals surface area contributed by atoms with Crippen LogP contribution in [0.2, 0.25) is 5.02 Å². The summed E-state index contributed by atoms with van der Waals surface area (Å²) in [6.07, 6.45) is 2.82. The fourth-order valence-electron chi connectivity index (χ4n) is 1.80. The highest BCUT2D eigenvalue weighted by Gasteiger charge is 2.06. The van der Waals surface area contributed by atoms with Crippen molar-refractivity contribution in [3.63, 3.8) is 0 Å². The fourth-order valence-corrected chi connectivity index (χ4v) is 2.06. The first-order valence-electron chi connectivity index (χ1n) is 6.84. The highest BCUT2D eigenvalue weighted by Crippen LogP contribution is 2.26. The van der Waals surface area contributed by atoms with Gasteiger partial charge >= 0.3 is 0 Å². The van der Waals surface area contributed by atoms with Gasteiger partial charge in [-0.15, -0.1) is 0 Å². The molecule has 0 aliphatic rings. The van der Waals surface area contributed by atoms with Crippen LogP contribution >= 0.6 is 11.6 Å². The van der Waals surface area contributed by atoms with Gasteiger partial charge in [-0.1, -0.05) is 24.6 Å². The third-order valence-corrected chi connectivity index (χ3v) is 3.32. The Bertz CT molecular complexity index is 382. The van der Waals surface area contributed by atoms with Crippen LogP contribution in [-0.2, 0) is 6.42 Å². The quantitative estimate of drug-likeness (QED) is 0.746. The Kier molecular flexibility index (Phi) is 7.21. The standard InChI is InChI=1S/C15H25ClN2O/c1-4-13(17)10-12-6-7-15(14(16)11-12)19-9-5-8-18(2)3/h6-7,11,13H,4-5,8-10,17H2,1-3H3. The van der Waals surface area contributed by atoms with Gasteiger partial charge in [0, 0.05) is 12.6 Å². The molecule has 1 atom stereocenters. The van der Waals surface area contributed by atoms with Crippen molar-refractivity contribution >= 4 is 11.6 Å². The third-order valence-electron chi connectivity index (χ3n) is 3.03. The van der Waals surface area contributed by atoms with E-state index in [1.165, 1.54) is 5.56 Å². The largest absolute Gasteiger partial charge is 0.492 e. The topological polar surface area (TPSA) is 38.5 Å². The Balaban J connectivity index is 2.48. The first-order valence-corrected chi connectivity index (χ1v) is 7.22. The van der Waals surface area contributed by atoms with E-state index >= 15 is 0 Å². The molecule has 1 rings (SSSR count). The summed E-state index contributed by atoms with van der Waals surface area (Å²) in [5, 5.41) is 0.672. The van der Waals surface area contributed by atoms with Crippen LogP contribution in [-0.4, -0.2) is 38.2 Å². The maximum Gasteiger partial charge on any atom is 0.137 e. The summed E-state index contributed by atoms with van der Waals surface area (Å²) >= 11 is 6.22. The molecule has 0 radical (unpaired) electrons. The molecule has 0 bridgehead atoms. The van der Waals surface area contributed by atoms with E-state index in [-0.39, 0.29) is 6.04 Å². The number of hydrogen-bond acceptors (Lipinski definition) is 3. The Hall–Kier alpha value is -0.770. The van der Waals surface area contributed by atoms with Crippen molar-refractivity contribution in [1.29, 1.82) is 0 Å². The lowest BCUT2D eigenvalue weighted by Crippen LogP contribution is -2.21. The minimum atomic E-state index is 0.197. The molecule has 1 aromatic carbocycles. The van der Waals surface area contributed by atoms with Crippen LogP contribution in [0.5, 0.6) is 5.75 Å². The van der Waals surface area contributed by atoms with Crippen molar-refractivity contribution in [3.8, 4) is 5.75 Å². The zero-order valence-corrected chi connectivity index (χ0v) is 12.9. The number of halogens is 1. The van der Waals surface area contributed by atoms with Crippen LogP contribution in [0.15, 0.2) is 18.2 Å². The summed E-state index contributed by atoms with van der Waals surface area (Å²) in [4.78, 5) is 2.14. The number of benzene rings is 1. The molecule has 1 aromatic rings. The second-order valence-corrected chi connectivity index (χ2v) is 5.55. The second kappa shape index (κ2) is 8.41. The average Bonchev–Trinajstić information content (AvgIpc) is 2.36. The van der Waals surface area contributed by atoms with Gasteiger partial charge in [0.1, 0.15) is 5.75 Å².